The minimum absolute atomic E-state index is 0.0728. The molecule has 2 atom stereocenters. The first-order valence-corrected chi connectivity index (χ1v) is 5.11. The zero-order valence-corrected chi connectivity index (χ0v) is 8.52. The van der Waals surface area contributed by atoms with Crippen LogP contribution in [0.3, 0.4) is 0 Å². The summed E-state index contributed by atoms with van der Waals surface area (Å²) in [6.07, 6.45) is 5.02. The van der Waals surface area contributed by atoms with Crippen molar-refractivity contribution < 1.29 is 4.74 Å². The third-order valence-electron chi connectivity index (χ3n) is 2.65. The van der Waals surface area contributed by atoms with Gasteiger partial charge in [-0.1, -0.05) is 0 Å². The van der Waals surface area contributed by atoms with E-state index in [0.717, 1.165) is 31.7 Å². The van der Waals surface area contributed by atoms with Gasteiger partial charge in [-0.3, -0.25) is 4.68 Å². The summed E-state index contributed by atoms with van der Waals surface area (Å²) in [6, 6.07) is 0.0728. The van der Waals surface area contributed by atoms with Gasteiger partial charge in [0.05, 0.1) is 12.8 Å². The van der Waals surface area contributed by atoms with E-state index in [9.17, 15) is 0 Å². The monoisotopic (exact) mass is 195 g/mol. The summed E-state index contributed by atoms with van der Waals surface area (Å²) in [4.78, 5) is 0. The van der Waals surface area contributed by atoms with Gasteiger partial charge in [-0.2, -0.15) is 5.10 Å². The predicted octanol–water partition coefficient (Wildman–Crippen LogP) is 0.939. The summed E-state index contributed by atoms with van der Waals surface area (Å²) in [5.74, 6) is 0.621. The van der Waals surface area contributed by atoms with Crippen LogP contribution in [0.5, 0.6) is 0 Å². The summed E-state index contributed by atoms with van der Waals surface area (Å²) in [7, 11) is 0. The second kappa shape index (κ2) is 4.11. The number of hydrogen-bond donors (Lipinski definition) is 1. The van der Waals surface area contributed by atoms with Crippen molar-refractivity contribution in [1.82, 2.24) is 9.78 Å². The summed E-state index contributed by atoms with van der Waals surface area (Å²) < 4.78 is 7.29. The fourth-order valence-corrected chi connectivity index (χ4v) is 1.71. The molecule has 1 aliphatic heterocycles. The van der Waals surface area contributed by atoms with Crippen LogP contribution in [0.1, 0.15) is 24.9 Å². The summed E-state index contributed by atoms with van der Waals surface area (Å²) >= 11 is 0. The van der Waals surface area contributed by atoms with Crippen LogP contribution in [0.25, 0.3) is 0 Å². The highest BCUT2D eigenvalue weighted by Crippen LogP contribution is 2.15. The molecule has 2 heterocycles. The average Bonchev–Trinajstić information content (AvgIpc) is 2.75. The molecule has 4 nitrogen and oxygen atoms in total. The topological polar surface area (TPSA) is 53.1 Å². The zero-order chi connectivity index (χ0) is 9.97. The van der Waals surface area contributed by atoms with Gasteiger partial charge < -0.3 is 10.5 Å². The third-order valence-corrected chi connectivity index (χ3v) is 2.65. The molecule has 0 aromatic carbocycles. The van der Waals surface area contributed by atoms with Crippen molar-refractivity contribution in [2.45, 2.75) is 25.9 Å². The molecule has 0 saturated carbocycles. The molecule has 14 heavy (non-hydrogen) atoms. The molecule has 1 saturated heterocycles. The quantitative estimate of drug-likeness (QED) is 0.781. The number of aromatic nitrogens is 2. The van der Waals surface area contributed by atoms with Gasteiger partial charge in [-0.25, -0.2) is 0 Å². The second-order valence-electron chi connectivity index (χ2n) is 4.01. The van der Waals surface area contributed by atoms with Crippen molar-refractivity contribution in [2.24, 2.45) is 11.7 Å². The maximum atomic E-state index is 5.76. The normalized spacial score (nSPS) is 24.0. The lowest BCUT2D eigenvalue weighted by atomic mass is 10.1. The molecule has 0 aliphatic carbocycles. The van der Waals surface area contributed by atoms with Crippen molar-refractivity contribution in [2.75, 3.05) is 13.2 Å². The maximum Gasteiger partial charge on any atom is 0.0537 e. The molecule has 1 aromatic heterocycles. The van der Waals surface area contributed by atoms with Crippen LogP contribution in [0, 0.1) is 5.92 Å². The van der Waals surface area contributed by atoms with E-state index >= 15 is 0 Å². The van der Waals surface area contributed by atoms with Crippen LogP contribution in [0.15, 0.2) is 12.4 Å². The van der Waals surface area contributed by atoms with Gasteiger partial charge in [-0.15, -0.1) is 0 Å². The Labute approximate surface area is 84.0 Å². The standard InChI is InChI=1S/C10H17N3O/c1-8(11)10-4-12-13(6-10)5-9-2-3-14-7-9/h4,6,8-9H,2-3,5,7,11H2,1H3/t8-,9+/m0/s1. The first-order valence-electron chi connectivity index (χ1n) is 5.11. The highest BCUT2D eigenvalue weighted by molar-refractivity contribution is 5.08. The molecule has 0 bridgehead atoms. The number of nitrogens with zero attached hydrogens (tertiary/aromatic N) is 2. The molecule has 1 aliphatic rings. The largest absolute Gasteiger partial charge is 0.381 e. The van der Waals surface area contributed by atoms with Gasteiger partial charge in [0.2, 0.25) is 0 Å². The molecule has 0 spiro atoms. The molecular formula is C10H17N3O. The van der Waals surface area contributed by atoms with Crippen LogP contribution < -0.4 is 5.73 Å². The van der Waals surface area contributed by atoms with Crippen LogP contribution in [-0.2, 0) is 11.3 Å². The van der Waals surface area contributed by atoms with Crippen LogP contribution in [0.4, 0.5) is 0 Å². The van der Waals surface area contributed by atoms with Gasteiger partial charge >= 0.3 is 0 Å². The smallest absolute Gasteiger partial charge is 0.0537 e. The SMILES string of the molecule is C[C@H](N)c1cnn(C[C@H]2CCOC2)c1. The number of rotatable bonds is 3. The highest BCUT2D eigenvalue weighted by atomic mass is 16.5. The molecule has 0 unspecified atom stereocenters. The zero-order valence-electron chi connectivity index (χ0n) is 8.52. The van der Waals surface area contributed by atoms with Crippen LogP contribution >= 0.6 is 0 Å². The number of nitrogens with two attached hydrogens (primary N) is 1. The van der Waals surface area contributed by atoms with Gasteiger partial charge in [0.1, 0.15) is 0 Å². The minimum Gasteiger partial charge on any atom is -0.381 e. The Bertz CT molecular complexity index is 289. The van der Waals surface area contributed by atoms with Crippen LogP contribution in [-0.4, -0.2) is 23.0 Å². The average molecular weight is 195 g/mol. The Morgan fingerprint density at radius 2 is 2.64 bits per heavy atom. The Kier molecular flexibility index (Phi) is 2.84. The van der Waals surface area contributed by atoms with Gasteiger partial charge in [0, 0.05) is 36.9 Å². The van der Waals surface area contributed by atoms with Crippen molar-refractivity contribution in [3.05, 3.63) is 18.0 Å². The van der Waals surface area contributed by atoms with E-state index in [-0.39, 0.29) is 6.04 Å². The molecule has 0 radical (unpaired) electrons. The van der Waals surface area contributed by atoms with E-state index < -0.39 is 0 Å². The molecule has 1 fully saturated rings. The molecule has 2 rings (SSSR count). The number of ether oxygens (including phenoxy) is 1. The fourth-order valence-electron chi connectivity index (χ4n) is 1.71. The van der Waals surface area contributed by atoms with E-state index in [2.05, 4.69) is 5.10 Å². The molecule has 78 valence electrons. The lowest BCUT2D eigenvalue weighted by Crippen LogP contribution is -2.11. The second-order valence-corrected chi connectivity index (χ2v) is 4.01. The predicted molar refractivity (Wildman–Crippen MR) is 53.8 cm³/mol. The van der Waals surface area contributed by atoms with Crippen LogP contribution in [0.2, 0.25) is 0 Å². The van der Waals surface area contributed by atoms with E-state index in [1.54, 1.807) is 0 Å². The van der Waals surface area contributed by atoms with Gasteiger partial charge in [0.25, 0.3) is 0 Å². The first kappa shape index (κ1) is 9.68. The molecule has 0 amide bonds. The highest BCUT2D eigenvalue weighted by Gasteiger charge is 2.16. The lowest BCUT2D eigenvalue weighted by molar-refractivity contribution is 0.181. The van der Waals surface area contributed by atoms with Crippen molar-refractivity contribution in [3.8, 4) is 0 Å². The fraction of sp³-hybridized carbons (Fsp3) is 0.700. The minimum atomic E-state index is 0.0728. The third kappa shape index (κ3) is 2.13. The maximum absolute atomic E-state index is 5.76. The van der Waals surface area contributed by atoms with E-state index in [1.165, 1.54) is 0 Å². The van der Waals surface area contributed by atoms with Crippen molar-refractivity contribution >= 4 is 0 Å². The summed E-state index contributed by atoms with van der Waals surface area (Å²) in [5, 5.41) is 4.28. The number of hydrogen-bond acceptors (Lipinski definition) is 3. The molecule has 1 aromatic rings. The Hall–Kier alpha value is -0.870. The van der Waals surface area contributed by atoms with E-state index in [1.807, 2.05) is 24.0 Å². The summed E-state index contributed by atoms with van der Waals surface area (Å²) in [6.45, 7) is 4.69. The molecule has 4 heteroatoms. The lowest BCUT2D eigenvalue weighted by Gasteiger charge is -2.06. The van der Waals surface area contributed by atoms with Crippen molar-refractivity contribution in [1.29, 1.82) is 0 Å². The van der Waals surface area contributed by atoms with E-state index in [0.29, 0.717) is 5.92 Å². The molecule has 2 N–H and O–H groups in total. The van der Waals surface area contributed by atoms with Gasteiger partial charge in [-0.05, 0) is 13.3 Å². The van der Waals surface area contributed by atoms with Gasteiger partial charge in [0.15, 0.2) is 0 Å². The molecular weight excluding hydrogens is 178 g/mol. The van der Waals surface area contributed by atoms with E-state index in [4.69, 9.17) is 10.5 Å². The first-order chi connectivity index (χ1) is 6.75. The Morgan fingerprint density at radius 1 is 1.79 bits per heavy atom. The Balaban J connectivity index is 1.95. The van der Waals surface area contributed by atoms with Crippen molar-refractivity contribution in [3.63, 3.8) is 0 Å². The summed E-state index contributed by atoms with van der Waals surface area (Å²) in [5.41, 5.74) is 6.86. The Morgan fingerprint density at radius 3 is 3.21 bits per heavy atom.